The monoisotopic (exact) mass is 362 g/mol. The first kappa shape index (κ1) is 17.4. The van der Waals surface area contributed by atoms with E-state index in [1.165, 1.54) is 0 Å². The fourth-order valence-corrected chi connectivity index (χ4v) is 3.46. The average Bonchev–Trinajstić information content (AvgIpc) is 2.99. The standard InChI is InChI=1S/C23H22O4/c1-23(2)13-17-9-6-12-20(22(17)27-23)25-15-21(24)26-14-18-10-5-8-16-7-3-4-11-19(16)18/h3-12H,13-15H2,1-2H3. The van der Waals surface area contributed by atoms with E-state index in [4.69, 9.17) is 14.2 Å². The number of hydrogen-bond acceptors (Lipinski definition) is 4. The number of benzene rings is 3. The van der Waals surface area contributed by atoms with Crippen molar-refractivity contribution >= 4 is 16.7 Å². The molecule has 0 atom stereocenters. The molecule has 0 saturated heterocycles. The third-order valence-electron chi connectivity index (χ3n) is 4.67. The lowest BCUT2D eigenvalue weighted by Gasteiger charge is -2.18. The number of carbonyl (C=O) groups is 1. The molecule has 0 aliphatic carbocycles. The molecule has 27 heavy (non-hydrogen) atoms. The first-order valence-corrected chi connectivity index (χ1v) is 9.08. The Morgan fingerprint density at radius 1 is 1.04 bits per heavy atom. The lowest BCUT2D eigenvalue weighted by atomic mass is 10.0. The van der Waals surface area contributed by atoms with Crippen LogP contribution < -0.4 is 9.47 Å². The van der Waals surface area contributed by atoms with Crippen molar-refractivity contribution < 1.29 is 19.0 Å². The Hall–Kier alpha value is -3.01. The molecule has 0 amide bonds. The van der Waals surface area contributed by atoms with Crippen molar-refractivity contribution in [2.45, 2.75) is 32.5 Å². The zero-order valence-electron chi connectivity index (χ0n) is 15.5. The van der Waals surface area contributed by atoms with Crippen LogP contribution in [-0.2, 0) is 22.6 Å². The summed E-state index contributed by atoms with van der Waals surface area (Å²) < 4.78 is 17.1. The highest BCUT2D eigenvalue weighted by Gasteiger charge is 2.32. The van der Waals surface area contributed by atoms with Crippen molar-refractivity contribution in [3.63, 3.8) is 0 Å². The predicted octanol–water partition coefficient (Wildman–Crippen LogP) is 4.68. The molecule has 4 nitrogen and oxygen atoms in total. The molecule has 0 fully saturated rings. The van der Waals surface area contributed by atoms with Crippen LogP contribution in [0.1, 0.15) is 25.0 Å². The maximum Gasteiger partial charge on any atom is 0.344 e. The summed E-state index contributed by atoms with van der Waals surface area (Å²) in [5.74, 6) is 0.905. The molecule has 0 saturated carbocycles. The van der Waals surface area contributed by atoms with Gasteiger partial charge in [0.2, 0.25) is 0 Å². The molecule has 0 spiro atoms. The van der Waals surface area contributed by atoms with E-state index in [9.17, 15) is 4.79 Å². The minimum Gasteiger partial charge on any atom is -0.483 e. The zero-order chi connectivity index (χ0) is 18.9. The SMILES string of the molecule is CC1(C)Cc2cccc(OCC(=O)OCc3cccc4ccccc34)c2O1. The van der Waals surface area contributed by atoms with Gasteiger partial charge in [-0.1, -0.05) is 54.6 Å². The highest BCUT2D eigenvalue weighted by atomic mass is 16.6. The first-order chi connectivity index (χ1) is 13.0. The summed E-state index contributed by atoms with van der Waals surface area (Å²) in [7, 11) is 0. The Bertz CT molecular complexity index is 985. The minimum atomic E-state index is -0.405. The van der Waals surface area contributed by atoms with E-state index < -0.39 is 5.97 Å². The average molecular weight is 362 g/mol. The van der Waals surface area contributed by atoms with Gasteiger partial charge in [-0.3, -0.25) is 0 Å². The lowest BCUT2D eigenvalue weighted by Crippen LogP contribution is -2.24. The summed E-state index contributed by atoms with van der Waals surface area (Å²) in [6.45, 7) is 4.15. The second-order valence-electron chi connectivity index (χ2n) is 7.37. The molecular weight excluding hydrogens is 340 g/mol. The molecule has 4 heteroatoms. The molecule has 1 heterocycles. The van der Waals surface area contributed by atoms with E-state index >= 15 is 0 Å². The Balaban J connectivity index is 1.38. The fourth-order valence-electron chi connectivity index (χ4n) is 3.46. The van der Waals surface area contributed by atoms with Crippen molar-refractivity contribution in [1.29, 1.82) is 0 Å². The van der Waals surface area contributed by atoms with Crippen LogP contribution in [0.4, 0.5) is 0 Å². The molecule has 0 bridgehead atoms. The number of esters is 1. The molecule has 4 rings (SSSR count). The van der Waals surface area contributed by atoms with Crippen molar-refractivity contribution in [2.75, 3.05) is 6.61 Å². The van der Waals surface area contributed by atoms with Gasteiger partial charge in [0, 0.05) is 12.0 Å². The van der Waals surface area contributed by atoms with Crippen LogP contribution in [0.3, 0.4) is 0 Å². The maximum atomic E-state index is 12.2. The minimum absolute atomic E-state index is 0.148. The van der Waals surface area contributed by atoms with Gasteiger partial charge in [-0.05, 0) is 36.2 Å². The lowest BCUT2D eigenvalue weighted by molar-refractivity contribution is -0.147. The van der Waals surface area contributed by atoms with E-state index in [0.29, 0.717) is 5.75 Å². The number of carbonyl (C=O) groups excluding carboxylic acids is 1. The zero-order valence-corrected chi connectivity index (χ0v) is 15.5. The highest BCUT2D eigenvalue weighted by molar-refractivity contribution is 5.85. The molecule has 3 aromatic carbocycles. The molecule has 0 N–H and O–H groups in total. The molecule has 0 radical (unpaired) electrons. The van der Waals surface area contributed by atoms with Gasteiger partial charge in [0.1, 0.15) is 12.2 Å². The molecule has 1 aliphatic heterocycles. The Morgan fingerprint density at radius 3 is 2.70 bits per heavy atom. The number of fused-ring (bicyclic) bond motifs is 2. The number of hydrogen-bond donors (Lipinski definition) is 0. The fraction of sp³-hybridized carbons (Fsp3) is 0.261. The van der Waals surface area contributed by atoms with Crippen LogP contribution >= 0.6 is 0 Å². The normalized spacial score (nSPS) is 14.4. The number of para-hydroxylation sites is 1. The summed E-state index contributed by atoms with van der Waals surface area (Å²) in [6.07, 6.45) is 0.824. The van der Waals surface area contributed by atoms with Crippen LogP contribution in [0, 0.1) is 0 Å². The molecule has 0 aromatic heterocycles. The van der Waals surface area contributed by atoms with Crippen LogP contribution in [0.25, 0.3) is 10.8 Å². The van der Waals surface area contributed by atoms with Gasteiger partial charge in [0.15, 0.2) is 18.1 Å². The third kappa shape index (κ3) is 3.75. The van der Waals surface area contributed by atoms with E-state index in [2.05, 4.69) is 0 Å². The van der Waals surface area contributed by atoms with E-state index in [1.54, 1.807) is 0 Å². The second-order valence-corrected chi connectivity index (χ2v) is 7.37. The van der Waals surface area contributed by atoms with Crippen LogP contribution in [-0.4, -0.2) is 18.2 Å². The van der Waals surface area contributed by atoms with Gasteiger partial charge < -0.3 is 14.2 Å². The summed E-state index contributed by atoms with van der Waals surface area (Å²) in [6, 6.07) is 19.8. The van der Waals surface area contributed by atoms with Gasteiger partial charge in [-0.15, -0.1) is 0 Å². The number of ether oxygens (including phenoxy) is 3. The van der Waals surface area contributed by atoms with E-state index in [0.717, 1.165) is 34.1 Å². The third-order valence-corrected chi connectivity index (χ3v) is 4.67. The molecule has 0 unspecified atom stereocenters. The van der Waals surface area contributed by atoms with Gasteiger partial charge in [-0.2, -0.15) is 0 Å². The van der Waals surface area contributed by atoms with Crippen molar-refractivity contribution in [1.82, 2.24) is 0 Å². The van der Waals surface area contributed by atoms with E-state index in [1.807, 2.05) is 74.5 Å². The first-order valence-electron chi connectivity index (χ1n) is 9.08. The van der Waals surface area contributed by atoms with Gasteiger partial charge in [-0.25, -0.2) is 4.79 Å². The second kappa shape index (κ2) is 6.95. The van der Waals surface area contributed by atoms with Crippen LogP contribution in [0.2, 0.25) is 0 Å². The van der Waals surface area contributed by atoms with Crippen LogP contribution in [0.15, 0.2) is 60.7 Å². The molecule has 1 aliphatic rings. The van der Waals surface area contributed by atoms with Gasteiger partial charge >= 0.3 is 5.97 Å². The summed E-state index contributed by atoms with van der Waals surface area (Å²) in [4.78, 5) is 12.2. The summed E-state index contributed by atoms with van der Waals surface area (Å²) in [5, 5.41) is 2.21. The molecule has 138 valence electrons. The van der Waals surface area contributed by atoms with Crippen LogP contribution in [0.5, 0.6) is 11.5 Å². The van der Waals surface area contributed by atoms with Crippen molar-refractivity contribution in [3.8, 4) is 11.5 Å². The quantitative estimate of drug-likeness (QED) is 0.619. The number of rotatable bonds is 5. The largest absolute Gasteiger partial charge is 0.483 e. The Morgan fingerprint density at radius 2 is 1.81 bits per heavy atom. The highest BCUT2D eigenvalue weighted by Crippen LogP contribution is 2.41. The smallest absolute Gasteiger partial charge is 0.344 e. The van der Waals surface area contributed by atoms with Gasteiger partial charge in [0.25, 0.3) is 0 Å². The summed E-state index contributed by atoms with van der Waals surface area (Å²) >= 11 is 0. The predicted molar refractivity (Wildman–Crippen MR) is 104 cm³/mol. The summed E-state index contributed by atoms with van der Waals surface area (Å²) in [5.41, 5.74) is 1.82. The molecule has 3 aromatic rings. The Labute approximate surface area is 158 Å². The topological polar surface area (TPSA) is 44.8 Å². The molecular formula is C23H22O4. The van der Waals surface area contributed by atoms with Gasteiger partial charge in [0.05, 0.1) is 0 Å². The maximum absolute atomic E-state index is 12.2. The van der Waals surface area contributed by atoms with Crippen molar-refractivity contribution in [2.24, 2.45) is 0 Å². The Kier molecular flexibility index (Phi) is 4.48. The van der Waals surface area contributed by atoms with E-state index in [-0.39, 0.29) is 18.8 Å². The van der Waals surface area contributed by atoms with Crippen molar-refractivity contribution in [3.05, 3.63) is 71.8 Å².